The second-order valence-corrected chi connectivity index (χ2v) is 4.22. The van der Waals surface area contributed by atoms with E-state index in [9.17, 15) is 0 Å². The van der Waals surface area contributed by atoms with Gasteiger partial charge in [-0.3, -0.25) is 0 Å². The van der Waals surface area contributed by atoms with Crippen molar-refractivity contribution in [1.29, 1.82) is 0 Å². The van der Waals surface area contributed by atoms with Crippen molar-refractivity contribution in [2.45, 2.75) is 0 Å². The first-order chi connectivity index (χ1) is 8.42. The van der Waals surface area contributed by atoms with Crippen molar-refractivity contribution in [2.75, 3.05) is 0 Å². The molecule has 0 aliphatic rings. The van der Waals surface area contributed by atoms with E-state index in [2.05, 4.69) is 47.6 Å². The van der Waals surface area contributed by atoms with Gasteiger partial charge >= 0.3 is 0 Å². The van der Waals surface area contributed by atoms with Gasteiger partial charge < -0.3 is 4.52 Å². The Bertz CT molecular complexity index is 845. The molecule has 0 N–H and O–H groups in total. The third kappa shape index (κ3) is 1.18. The molecular weight excluding hydrogens is 210 g/mol. The minimum atomic E-state index is 0.841. The first-order valence-corrected chi connectivity index (χ1v) is 5.58. The molecule has 17 heavy (non-hydrogen) atoms. The van der Waals surface area contributed by atoms with Gasteiger partial charge in [0.25, 0.3) is 0 Å². The Hall–Kier alpha value is -2.35. The Morgan fingerprint density at radius 2 is 1.59 bits per heavy atom. The zero-order valence-corrected chi connectivity index (χ0v) is 9.05. The minimum Gasteiger partial charge on any atom is -0.356 e. The van der Waals surface area contributed by atoms with Gasteiger partial charge in [-0.2, -0.15) is 0 Å². The van der Waals surface area contributed by atoms with Gasteiger partial charge in [0.05, 0.1) is 6.20 Å². The van der Waals surface area contributed by atoms with E-state index in [1.807, 2.05) is 6.07 Å². The highest BCUT2D eigenvalue weighted by molar-refractivity contribution is 6.10. The second kappa shape index (κ2) is 3.08. The summed E-state index contributed by atoms with van der Waals surface area (Å²) in [4.78, 5) is 0. The molecule has 2 nitrogen and oxygen atoms in total. The van der Waals surface area contributed by atoms with E-state index in [4.69, 9.17) is 4.52 Å². The van der Waals surface area contributed by atoms with E-state index in [-0.39, 0.29) is 0 Å². The number of rotatable bonds is 0. The van der Waals surface area contributed by atoms with Gasteiger partial charge in [0.15, 0.2) is 5.58 Å². The summed E-state index contributed by atoms with van der Waals surface area (Å²) in [6, 6.07) is 16.8. The fourth-order valence-electron chi connectivity index (χ4n) is 2.37. The van der Waals surface area contributed by atoms with Crippen molar-refractivity contribution in [3.05, 3.63) is 54.7 Å². The maximum atomic E-state index is 5.19. The molecule has 0 saturated carbocycles. The van der Waals surface area contributed by atoms with Gasteiger partial charge in [0.1, 0.15) is 0 Å². The lowest BCUT2D eigenvalue weighted by atomic mass is 10.0. The van der Waals surface area contributed by atoms with Gasteiger partial charge in [-0.1, -0.05) is 35.5 Å². The Labute approximate surface area is 97.4 Å². The van der Waals surface area contributed by atoms with Crippen LogP contribution in [0.5, 0.6) is 0 Å². The fourth-order valence-corrected chi connectivity index (χ4v) is 2.37. The van der Waals surface area contributed by atoms with Crippen molar-refractivity contribution in [3.63, 3.8) is 0 Å². The van der Waals surface area contributed by atoms with Crippen LogP contribution in [0.2, 0.25) is 0 Å². The van der Waals surface area contributed by atoms with Crippen LogP contribution in [-0.4, -0.2) is 5.16 Å². The molecule has 1 aromatic heterocycles. The number of hydrogen-bond donors (Lipinski definition) is 0. The van der Waals surface area contributed by atoms with E-state index < -0.39 is 0 Å². The normalized spacial score (nSPS) is 11.5. The van der Waals surface area contributed by atoms with Crippen LogP contribution in [0.25, 0.3) is 32.5 Å². The van der Waals surface area contributed by atoms with Crippen molar-refractivity contribution < 1.29 is 4.52 Å². The number of nitrogens with zero attached hydrogens (tertiary/aromatic N) is 1. The number of benzene rings is 3. The SMILES string of the molecule is c1ccc2cc3c(ccc4oncc43)cc2c1. The lowest BCUT2D eigenvalue weighted by Crippen LogP contribution is -1.76. The van der Waals surface area contributed by atoms with Crippen LogP contribution in [0.4, 0.5) is 0 Å². The predicted molar refractivity (Wildman–Crippen MR) is 69.0 cm³/mol. The molecule has 4 aromatic rings. The Kier molecular flexibility index (Phi) is 1.59. The molecule has 0 saturated heterocycles. The maximum absolute atomic E-state index is 5.19. The summed E-state index contributed by atoms with van der Waals surface area (Å²) in [5.41, 5.74) is 0.841. The highest BCUT2D eigenvalue weighted by Crippen LogP contribution is 2.29. The van der Waals surface area contributed by atoms with Crippen molar-refractivity contribution in [3.8, 4) is 0 Å². The van der Waals surface area contributed by atoms with Gasteiger partial charge in [-0.05, 0) is 39.7 Å². The fraction of sp³-hybridized carbons (Fsp3) is 0. The van der Waals surface area contributed by atoms with Gasteiger partial charge in [0, 0.05) is 5.39 Å². The van der Waals surface area contributed by atoms with Crippen LogP contribution < -0.4 is 0 Å². The first kappa shape index (κ1) is 8.76. The molecule has 0 radical (unpaired) electrons. The molecule has 0 aliphatic heterocycles. The summed E-state index contributed by atoms with van der Waals surface area (Å²) >= 11 is 0. The smallest absolute Gasteiger partial charge is 0.167 e. The number of aromatic nitrogens is 1. The first-order valence-electron chi connectivity index (χ1n) is 5.58. The number of hydrogen-bond acceptors (Lipinski definition) is 2. The molecule has 0 bridgehead atoms. The molecule has 1 heterocycles. The zero-order valence-electron chi connectivity index (χ0n) is 9.05. The van der Waals surface area contributed by atoms with E-state index >= 15 is 0 Å². The summed E-state index contributed by atoms with van der Waals surface area (Å²) in [6.07, 6.45) is 1.78. The Morgan fingerprint density at radius 1 is 0.765 bits per heavy atom. The molecule has 80 valence electrons. The maximum Gasteiger partial charge on any atom is 0.167 e. The third-order valence-electron chi connectivity index (χ3n) is 3.22. The largest absolute Gasteiger partial charge is 0.356 e. The highest BCUT2D eigenvalue weighted by Gasteiger charge is 2.05. The Balaban J connectivity index is 2.29. The van der Waals surface area contributed by atoms with Crippen LogP contribution in [0, 0.1) is 0 Å². The molecule has 0 atom stereocenters. The summed E-state index contributed by atoms with van der Waals surface area (Å²) in [5.74, 6) is 0. The second-order valence-electron chi connectivity index (χ2n) is 4.22. The van der Waals surface area contributed by atoms with Gasteiger partial charge in [-0.25, -0.2) is 0 Å². The van der Waals surface area contributed by atoms with Crippen molar-refractivity contribution >= 4 is 32.5 Å². The van der Waals surface area contributed by atoms with Crippen LogP contribution in [-0.2, 0) is 0 Å². The highest BCUT2D eigenvalue weighted by atomic mass is 16.5. The Morgan fingerprint density at radius 3 is 2.47 bits per heavy atom. The number of fused-ring (bicyclic) bond motifs is 4. The molecule has 3 aromatic carbocycles. The van der Waals surface area contributed by atoms with Gasteiger partial charge in [0.2, 0.25) is 0 Å². The molecule has 2 heteroatoms. The zero-order chi connectivity index (χ0) is 11.2. The lowest BCUT2D eigenvalue weighted by Gasteiger charge is -2.02. The van der Waals surface area contributed by atoms with E-state index in [1.54, 1.807) is 6.20 Å². The summed E-state index contributed by atoms with van der Waals surface area (Å²) in [5, 5.41) is 9.86. The topological polar surface area (TPSA) is 26.0 Å². The van der Waals surface area contributed by atoms with Crippen LogP contribution in [0.15, 0.2) is 59.3 Å². The average molecular weight is 219 g/mol. The monoisotopic (exact) mass is 219 g/mol. The van der Waals surface area contributed by atoms with Crippen molar-refractivity contribution in [2.24, 2.45) is 0 Å². The van der Waals surface area contributed by atoms with E-state index in [0.29, 0.717) is 0 Å². The standard InChI is InChI=1S/C15H9NO/c1-2-4-11-8-13-12(7-10(11)3-1)5-6-15-14(13)9-16-17-15/h1-9H. The van der Waals surface area contributed by atoms with Gasteiger partial charge in [-0.15, -0.1) is 0 Å². The summed E-state index contributed by atoms with van der Waals surface area (Å²) in [7, 11) is 0. The van der Waals surface area contributed by atoms with Crippen molar-refractivity contribution in [1.82, 2.24) is 5.16 Å². The molecule has 0 fully saturated rings. The molecule has 4 rings (SSSR count). The lowest BCUT2D eigenvalue weighted by molar-refractivity contribution is 0.456. The molecular formula is C15H9NO. The predicted octanol–water partition coefficient (Wildman–Crippen LogP) is 4.13. The van der Waals surface area contributed by atoms with Crippen LogP contribution >= 0.6 is 0 Å². The molecule has 0 aliphatic carbocycles. The van der Waals surface area contributed by atoms with E-state index in [0.717, 1.165) is 11.0 Å². The summed E-state index contributed by atoms with van der Waals surface area (Å²) in [6.45, 7) is 0. The average Bonchev–Trinajstić information content (AvgIpc) is 2.85. The molecule has 0 amide bonds. The molecule has 0 spiro atoms. The minimum absolute atomic E-state index is 0.841. The van der Waals surface area contributed by atoms with Crippen LogP contribution in [0.3, 0.4) is 0 Å². The quantitative estimate of drug-likeness (QED) is 0.415. The summed E-state index contributed by atoms with van der Waals surface area (Å²) < 4.78 is 5.19. The third-order valence-corrected chi connectivity index (χ3v) is 3.22. The van der Waals surface area contributed by atoms with Crippen LogP contribution in [0.1, 0.15) is 0 Å². The van der Waals surface area contributed by atoms with E-state index in [1.165, 1.54) is 21.5 Å². The molecule has 0 unspecified atom stereocenters.